The van der Waals surface area contributed by atoms with Gasteiger partial charge in [0.25, 0.3) is 0 Å². The van der Waals surface area contributed by atoms with Gasteiger partial charge in [-0.05, 0) is 18.1 Å². The van der Waals surface area contributed by atoms with Crippen LogP contribution in [-0.2, 0) is 6.54 Å². The van der Waals surface area contributed by atoms with Crippen LogP contribution < -0.4 is 11.4 Å². The van der Waals surface area contributed by atoms with Crippen molar-refractivity contribution in [1.29, 1.82) is 0 Å². The Morgan fingerprint density at radius 1 is 1.73 bits per heavy atom. The summed E-state index contributed by atoms with van der Waals surface area (Å²) in [6.07, 6.45) is 2.09. The first-order valence-corrected chi connectivity index (χ1v) is 4.39. The molecule has 6 heteroatoms. The first kappa shape index (κ1) is 11.4. The molecule has 0 aliphatic carbocycles. The van der Waals surface area contributed by atoms with Crippen molar-refractivity contribution < 1.29 is 9.50 Å². The maximum atomic E-state index is 12.1. The minimum atomic E-state index is -0.480. The molecule has 1 aromatic heterocycles. The fraction of sp³-hybridized carbons (Fsp3) is 0.333. The van der Waals surface area contributed by atoms with E-state index >= 15 is 0 Å². The third-order valence-corrected chi connectivity index (χ3v) is 1.93. The number of aryl methyl sites for hydroxylation is 1. The summed E-state index contributed by atoms with van der Waals surface area (Å²) in [6, 6.07) is 1.49. The van der Waals surface area contributed by atoms with Gasteiger partial charge in [0.2, 0.25) is 0 Å². The maximum Gasteiger partial charge on any atom is 0.349 e. The molecule has 0 spiro atoms. The second-order valence-electron chi connectivity index (χ2n) is 3.00. The number of anilines is 1. The lowest BCUT2D eigenvalue weighted by Gasteiger charge is -2.05. The fourth-order valence-electron chi connectivity index (χ4n) is 1.04. The average molecular weight is 213 g/mol. The molecule has 0 aliphatic heterocycles. The standard InChI is InChI=1S/C9H12FN3O2/c10-5-7(6-14)1-3-13-4-2-8(11)12-9(13)15/h2,4-5,14H,1,3,6H2,(H2,11,12,15)/b7-5+. The third kappa shape index (κ3) is 3.17. The van der Waals surface area contributed by atoms with Crippen LogP contribution >= 0.6 is 0 Å². The number of aliphatic hydroxyl groups excluding tert-OH is 1. The summed E-state index contributed by atoms with van der Waals surface area (Å²) in [5.41, 5.74) is 5.05. The minimum Gasteiger partial charge on any atom is -0.392 e. The molecule has 5 nitrogen and oxygen atoms in total. The van der Waals surface area contributed by atoms with Crippen molar-refractivity contribution in [2.45, 2.75) is 13.0 Å². The molecule has 0 aromatic carbocycles. The topological polar surface area (TPSA) is 81.1 Å². The molecule has 0 saturated carbocycles. The molecule has 0 unspecified atom stereocenters. The number of nitrogen functional groups attached to an aromatic ring is 1. The number of halogens is 1. The zero-order valence-corrected chi connectivity index (χ0v) is 8.06. The second kappa shape index (κ2) is 5.26. The van der Waals surface area contributed by atoms with E-state index in [0.29, 0.717) is 6.33 Å². The van der Waals surface area contributed by atoms with Crippen molar-refractivity contribution in [1.82, 2.24) is 9.55 Å². The summed E-state index contributed by atoms with van der Waals surface area (Å²) in [5.74, 6) is 0.152. The van der Waals surface area contributed by atoms with E-state index in [2.05, 4.69) is 4.98 Å². The number of hydrogen-bond donors (Lipinski definition) is 2. The lowest BCUT2D eigenvalue weighted by Crippen LogP contribution is -2.23. The number of aliphatic hydroxyl groups is 1. The molecular formula is C9H12FN3O2. The van der Waals surface area contributed by atoms with Crippen LogP contribution in [0.4, 0.5) is 10.2 Å². The van der Waals surface area contributed by atoms with Crippen LogP contribution in [0.15, 0.2) is 29.0 Å². The van der Waals surface area contributed by atoms with Gasteiger partial charge < -0.3 is 10.8 Å². The van der Waals surface area contributed by atoms with E-state index in [-0.39, 0.29) is 31.0 Å². The SMILES string of the molecule is Nc1ccn(CC/C(=C\F)CO)c(=O)n1. The van der Waals surface area contributed by atoms with Crippen LogP contribution in [0.25, 0.3) is 0 Å². The number of nitrogens with two attached hydrogens (primary N) is 1. The smallest absolute Gasteiger partial charge is 0.349 e. The Kier molecular flexibility index (Phi) is 3.99. The summed E-state index contributed by atoms with van der Waals surface area (Å²) in [6.45, 7) is -0.0872. The van der Waals surface area contributed by atoms with E-state index in [1.165, 1.54) is 16.8 Å². The van der Waals surface area contributed by atoms with Crippen LogP contribution in [0.2, 0.25) is 0 Å². The van der Waals surface area contributed by atoms with Gasteiger partial charge in [-0.15, -0.1) is 0 Å². The van der Waals surface area contributed by atoms with Gasteiger partial charge in [0.15, 0.2) is 0 Å². The monoisotopic (exact) mass is 213 g/mol. The largest absolute Gasteiger partial charge is 0.392 e. The van der Waals surface area contributed by atoms with E-state index < -0.39 is 5.69 Å². The third-order valence-electron chi connectivity index (χ3n) is 1.93. The highest BCUT2D eigenvalue weighted by Gasteiger charge is 2.00. The molecule has 1 aromatic rings. The van der Waals surface area contributed by atoms with Crippen LogP contribution in [-0.4, -0.2) is 21.3 Å². The molecule has 15 heavy (non-hydrogen) atoms. The summed E-state index contributed by atoms with van der Waals surface area (Å²) < 4.78 is 13.4. The lowest BCUT2D eigenvalue weighted by atomic mass is 10.2. The Morgan fingerprint density at radius 2 is 2.47 bits per heavy atom. The number of hydrogen-bond acceptors (Lipinski definition) is 4. The summed E-state index contributed by atoms with van der Waals surface area (Å²) in [7, 11) is 0. The molecule has 3 N–H and O–H groups in total. The first-order valence-electron chi connectivity index (χ1n) is 4.39. The zero-order valence-electron chi connectivity index (χ0n) is 8.06. The second-order valence-corrected chi connectivity index (χ2v) is 3.00. The maximum absolute atomic E-state index is 12.1. The molecule has 0 fully saturated rings. The van der Waals surface area contributed by atoms with Gasteiger partial charge in [-0.2, -0.15) is 4.98 Å². The van der Waals surface area contributed by atoms with E-state index in [1.807, 2.05) is 0 Å². The number of aromatic nitrogens is 2. The Morgan fingerprint density at radius 3 is 3.00 bits per heavy atom. The molecule has 0 aliphatic rings. The molecule has 0 amide bonds. The molecule has 82 valence electrons. The summed E-state index contributed by atoms with van der Waals surface area (Å²) in [5, 5.41) is 8.69. The molecule has 0 atom stereocenters. The van der Waals surface area contributed by atoms with Crippen molar-refractivity contribution in [2.24, 2.45) is 0 Å². The van der Waals surface area contributed by atoms with E-state index in [9.17, 15) is 9.18 Å². The fourth-order valence-corrected chi connectivity index (χ4v) is 1.04. The minimum absolute atomic E-state index is 0.152. The average Bonchev–Trinajstić information content (AvgIpc) is 2.22. The molecule has 0 bridgehead atoms. The highest BCUT2D eigenvalue weighted by atomic mass is 19.1. The van der Waals surface area contributed by atoms with Gasteiger partial charge in [-0.25, -0.2) is 9.18 Å². The lowest BCUT2D eigenvalue weighted by molar-refractivity contribution is 0.321. The van der Waals surface area contributed by atoms with Crippen LogP contribution in [0.5, 0.6) is 0 Å². The van der Waals surface area contributed by atoms with Gasteiger partial charge in [-0.3, -0.25) is 4.57 Å². The molecule has 1 heterocycles. The van der Waals surface area contributed by atoms with Gasteiger partial charge in [-0.1, -0.05) is 0 Å². The van der Waals surface area contributed by atoms with Gasteiger partial charge >= 0.3 is 5.69 Å². The van der Waals surface area contributed by atoms with Crippen molar-refractivity contribution >= 4 is 5.82 Å². The molecule has 0 radical (unpaired) electrons. The van der Waals surface area contributed by atoms with Crippen molar-refractivity contribution in [2.75, 3.05) is 12.3 Å². The summed E-state index contributed by atoms with van der Waals surface area (Å²) in [4.78, 5) is 14.7. The van der Waals surface area contributed by atoms with Crippen molar-refractivity contribution in [3.63, 3.8) is 0 Å². The van der Waals surface area contributed by atoms with Crippen LogP contribution in [0, 0.1) is 0 Å². The summed E-state index contributed by atoms with van der Waals surface area (Å²) >= 11 is 0. The van der Waals surface area contributed by atoms with Crippen LogP contribution in [0.1, 0.15) is 6.42 Å². The van der Waals surface area contributed by atoms with Crippen molar-refractivity contribution in [3.05, 3.63) is 34.7 Å². The molecular weight excluding hydrogens is 201 g/mol. The quantitative estimate of drug-likeness (QED) is 0.741. The molecule has 1 rings (SSSR count). The van der Waals surface area contributed by atoms with Crippen molar-refractivity contribution in [3.8, 4) is 0 Å². The first-order chi connectivity index (χ1) is 7.17. The van der Waals surface area contributed by atoms with Crippen LogP contribution in [0.3, 0.4) is 0 Å². The van der Waals surface area contributed by atoms with Gasteiger partial charge in [0.05, 0.1) is 12.9 Å². The Hall–Kier alpha value is -1.69. The molecule has 0 saturated heterocycles. The van der Waals surface area contributed by atoms with E-state index in [0.717, 1.165) is 0 Å². The normalized spacial score (nSPS) is 11.7. The number of rotatable bonds is 4. The van der Waals surface area contributed by atoms with E-state index in [1.54, 1.807) is 0 Å². The highest BCUT2D eigenvalue weighted by Crippen LogP contribution is 2.02. The predicted octanol–water partition coefficient (Wildman–Crippen LogP) is 0.0613. The Labute approximate surface area is 85.7 Å². The van der Waals surface area contributed by atoms with Gasteiger partial charge in [0, 0.05) is 12.7 Å². The predicted molar refractivity (Wildman–Crippen MR) is 53.8 cm³/mol. The highest BCUT2D eigenvalue weighted by molar-refractivity contribution is 5.23. The Bertz CT molecular complexity index is 414. The number of nitrogens with zero attached hydrogens (tertiary/aromatic N) is 2. The zero-order chi connectivity index (χ0) is 11.3. The Balaban J connectivity index is 2.70. The van der Waals surface area contributed by atoms with Gasteiger partial charge in [0.1, 0.15) is 5.82 Å². The van der Waals surface area contributed by atoms with E-state index in [4.69, 9.17) is 10.8 Å².